The zero-order valence-electron chi connectivity index (χ0n) is 12.8. The minimum absolute atomic E-state index is 0.668. The van der Waals surface area contributed by atoms with Crippen LogP contribution < -0.4 is 0 Å². The molecule has 0 amide bonds. The Labute approximate surface area is 142 Å². The van der Waals surface area contributed by atoms with Gasteiger partial charge in [-0.25, -0.2) is 9.97 Å². The minimum Gasteiger partial charge on any atom is -0.249 e. The first kappa shape index (κ1) is 14.0. The van der Waals surface area contributed by atoms with Crippen molar-refractivity contribution in [1.82, 2.24) is 9.97 Å². The van der Waals surface area contributed by atoms with Crippen LogP contribution in [0.15, 0.2) is 48.5 Å². The van der Waals surface area contributed by atoms with Crippen molar-refractivity contribution in [1.29, 1.82) is 0 Å². The van der Waals surface area contributed by atoms with Gasteiger partial charge in [-0.2, -0.15) is 0 Å². The molecule has 0 atom stereocenters. The van der Waals surface area contributed by atoms with Gasteiger partial charge in [-0.3, -0.25) is 0 Å². The number of nitrogens with zero attached hydrogens (tertiary/aromatic N) is 2. The van der Waals surface area contributed by atoms with Crippen LogP contribution in [0.1, 0.15) is 22.8 Å². The fourth-order valence-corrected chi connectivity index (χ4v) is 5.16. The quantitative estimate of drug-likeness (QED) is 0.341. The van der Waals surface area contributed by atoms with Crippen molar-refractivity contribution in [2.45, 2.75) is 0 Å². The SMILES string of the molecule is C1=Cc2cc3ccc(cc4nc(cc5ccc(cc1n2)[pH]5)C=C4)[pH]3. The number of hydrogen-bond donors (Lipinski definition) is 0. The van der Waals surface area contributed by atoms with Gasteiger partial charge in [0.05, 0.1) is 22.8 Å². The lowest BCUT2D eigenvalue weighted by Gasteiger charge is -1.84. The molecule has 3 aromatic heterocycles. The summed E-state index contributed by atoms with van der Waals surface area (Å²) in [4.78, 5) is 9.45. The van der Waals surface area contributed by atoms with E-state index in [0.29, 0.717) is 16.4 Å². The average molecular weight is 344 g/mol. The van der Waals surface area contributed by atoms with E-state index >= 15 is 0 Å². The maximum Gasteiger partial charge on any atom is 0.0646 e. The van der Waals surface area contributed by atoms with E-state index in [1.807, 2.05) is 0 Å². The molecule has 0 aliphatic carbocycles. The second kappa shape index (κ2) is 5.60. The molecule has 24 heavy (non-hydrogen) atoms. The van der Waals surface area contributed by atoms with Crippen molar-refractivity contribution in [3.8, 4) is 0 Å². The first-order chi connectivity index (χ1) is 11.8. The predicted octanol–water partition coefficient (Wildman–Crippen LogP) is 6.06. The highest BCUT2D eigenvalue weighted by Crippen LogP contribution is 2.28. The Morgan fingerprint density at radius 3 is 1.04 bits per heavy atom. The molecular weight excluding hydrogens is 330 g/mol. The third-order valence-corrected chi connectivity index (χ3v) is 6.44. The van der Waals surface area contributed by atoms with E-state index in [1.165, 1.54) is 20.5 Å². The highest BCUT2D eigenvalue weighted by atomic mass is 31.0. The summed E-state index contributed by atoms with van der Waals surface area (Å²) >= 11 is 0. The van der Waals surface area contributed by atoms with Crippen LogP contribution in [0, 0.1) is 0 Å². The summed E-state index contributed by atoms with van der Waals surface area (Å²) in [6.07, 6.45) is 8.39. The van der Waals surface area contributed by atoms with Gasteiger partial charge in [-0.15, -0.1) is 16.4 Å². The highest BCUT2D eigenvalue weighted by molar-refractivity contribution is 7.42. The van der Waals surface area contributed by atoms with Gasteiger partial charge in [0.15, 0.2) is 0 Å². The first-order valence-electron chi connectivity index (χ1n) is 7.85. The zero-order chi connectivity index (χ0) is 15.9. The van der Waals surface area contributed by atoms with E-state index in [0.717, 1.165) is 22.8 Å². The third kappa shape index (κ3) is 2.76. The first-order valence-corrected chi connectivity index (χ1v) is 9.85. The zero-order valence-corrected chi connectivity index (χ0v) is 14.8. The molecular formula is C20H14N2P2. The van der Waals surface area contributed by atoms with Crippen LogP contribution in [-0.4, -0.2) is 9.97 Å². The topological polar surface area (TPSA) is 25.8 Å². The Morgan fingerprint density at radius 1 is 0.458 bits per heavy atom. The maximum absolute atomic E-state index is 4.72. The maximum atomic E-state index is 4.72. The molecule has 114 valence electrons. The molecule has 0 saturated heterocycles. The lowest BCUT2D eigenvalue weighted by Crippen LogP contribution is -1.70. The summed E-state index contributed by atoms with van der Waals surface area (Å²) in [5, 5.41) is 5.29. The van der Waals surface area contributed by atoms with Crippen molar-refractivity contribution in [3.63, 3.8) is 0 Å². The second-order valence-electron chi connectivity index (χ2n) is 5.91. The molecule has 0 radical (unpaired) electrons. The van der Waals surface area contributed by atoms with Gasteiger partial charge in [0.2, 0.25) is 0 Å². The van der Waals surface area contributed by atoms with Gasteiger partial charge in [0.25, 0.3) is 0 Å². The molecule has 0 unspecified atom stereocenters. The normalized spacial score (nSPS) is 13.3. The van der Waals surface area contributed by atoms with Crippen molar-refractivity contribution in [2.24, 2.45) is 0 Å². The Morgan fingerprint density at radius 2 is 0.750 bits per heavy atom. The number of aromatic nitrogens is 2. The molecule has 0 fully saturated rings. The summed E-state index contributed by atoms with van der Waals surface area (Å²) in [5.41, 5.74) is 4.16. The van der Waals surface area contributed by atoms with Gasteiger partial charge in [-0.1, -0.05) is 24.3 Å². The monoisotopic (exact) mass is 344 g/mol. The molecule has 3 aromatic rings. The Balaban J connectivity index is 1.85. The Hall–Kier alpha value is -2.40. The number of hydrogen-bond acceptors (Lipinski definition) is 2. The van der Waals surface area contributed by atoms with E-state index in [4.69, 9.17) is 9.97 Å². The summed E-state index contributed by atoms with van der Waals surface area (Å²) in [7, 11) is 1.34. The summed E-state index contributed by atoms with van der Waals surface area (Å²) in [6, 6.07) is 17.5. The lowest BCUT2D eigenvalue weighted by molar-refractivity contribution is 1.33. The third-order valence-electron chi connectivity index (χ3n) is 4.04. The minimum atomic E-state index is 0.668. The molecule has 0 N–H and O–H groups in total. The van der Waals surface area contributed by atoms with Crippen LogP contribution in [-0.2, 0) is 0 Å². The van der Waals surface area contributed by atoms with E-state index < -0.39 is 0 Å². The lowest BCUT2D eigenvalue weighted by atomic mass is 10.3. The molecule has 4 heteroatoms. The van der Waals surface area contributed by atoms with Gasteiger partial charge in [0, 0.05) is 0 Å². The van der Waals surface area contributed by atoms with Gasteiger partial charge in [0.1, 0.15) is 0 Å². The van der Waals surface area contributed by atoms with Crippen molar-refractivity contribution in [2.75, 3.05) is 0 Å². The predicted molar refractivity (Wildman–Crippen MR) is 109 cm³/mol. The van der Waals surface area contributed by atoms with Crippen molar-refractivity contribution >= 4 is 61.2 Å². The molecule has 5 heterocycles. The average Bonchev–Trinajstić information content (AvgIpc) is 3.32. The molecule has 2 nitrogen and oxygen atoms in total. The van der Waals surface area contributed by atoms with E-state index in [2.05, 4.69) is 72.8 Å². The fraction of sp³-hybridized carbons (Fsp3) is 0. The molecule has 0 aromatic carbocycles. The molecule has 0 spiro atoms. The van der Waals surface area contributed by atoms with Gasteiger partial charge in [-0.05, 0) is 69.0 Å². The van der Waals surface area contributed by atoms with Crippen LogP contribution in [0.2, 0.25) is 0 Å². The molecule has 2 aliphatic rings. The molecule has 2 aliphatic heterocycles. The van der Waals surface area contributed by atoms with E-state index in [-0.39, 0.29) is 0 Å². The molecule has 8 bridgehead atoms. The summed E-state index contributed by atoms with van der Waals surface area (Å²) in [6.45, 7) is 0. The Bertz CT molecular complexity index is 988. The Kier molecular flexibility index (Phi) is 3.26. The summed E-state index contributed by atoms with van der Waals surface area (Å²) in [5.74, 6) is 0. The fourth-order valence-electron chi connectivity index (χ4n) is 2.94. The number of fused-ring (bicyclic) bond motifs is 8. The largest absolute Gasteiger partial charge is 0.249 e. The number of rotatable bonds is 0. The summed E-state index contributed by atoms with van der Waals surface area (Å²) < 4.78 is 0. The van der Waals surface area contributed by atoms with Crippen LogP contribution in [0.4, 0.5) is 0 Å². The smallest absolute Gasteiger partial charge is 0.0646 e. The van der Waals surface area contributed by atoms with E-state index in [1.54, 1.807) is 0 Å². The molecule has 0 saturated carbocycles. The van der Waals surface area contributed by atoms with Crippen LogP contribution in [0.25, 0.3) is 44.8 Å². The van der Waals surface area contributed by atoms with Crippen molar-refractivity contribution < 1.29 is 0 Å². The van der Waals surface area contributed by atoms with Crippen LogP contribution in [0.3, 0.4) is 0 Å². The molecule has 5 rings (SSSR count). The van der Waals surface area contributed by atoms with Crippen LogP contribution in [0.5, 0.6) is 0 Å². The highest BCUT2D eigenvalue weighted by Gasteiger charge is 2.00. The second-order valence-corrected chi connectivity index (χ2v) is 8.71. The van der Waals surface area contributed by atoms with Gasteiger partial charge >= 0.3 is 0 Å². The standard InChI is InChI=1S/C20H14N2P2/c1-2-14-10-18-7-8-20(24-18)12-16-4-3-15(22-16)11-19-6-5-17(23-19)9-13(1)21-14/h1-12,23-24H. The van der Waals surface area contributed by atoms with E-state index in [9.17, 15) is 0 Å². The van der Waals surface area contributed by atoms with Gasteiger partial charge < -0.3 is 0 Å². The van der Waals surface area contributed by atoms with Crippen molar-refractivity contribution in [3.05, 3.63) is 71.3 Å². The van der Waals surface area contributed by atoms with Crippen LogP contribution >= 0.6 is 16.4 Å².